The monoisotopic (exact) mass is 453 g/mol. The van der Waals surface area contributed by atoms with Crippen molar-refractivity contribution in [3.05, 3.63) is 62.5 Å². The Labute approximate surface area is 192 Å². The number of anilines is 2. The predicted molar refractivity (Wildman–Crippen MR) is 130 cm³/mol. The molecular weight excluding hydrogens is 426 g/mol. The molecular formula is C24H28ClN5O2. The Morgan fingerprint density at radius 1 is 1.19 bits per heavy atom. The number of carbonyl (C=O) groups excluding carboxylic acids is 1. The maximum Gasteiger partial charge on any atom is 0.253 e. The van der Waals surface area contributed by atoms with Crippen molar-refractivity contribution >= 4 is 40.8 Å². The highest BCUT2D eigenvalue weighted by atomic mass is 35.5. The average Bonchev–Trinajstić information content (AvgIpc) is 2.81. The van der Waals surface area contributed by atoms with E-state index in [4.69, 9.17) is 16.4 Å². The second-order valence-electron chi connectivity index (χ2n) is 8.25. The van der Waals surface area contributed by atoms with Crippen molar-refractivity contribution < 1.29 is 4.79 Å². The van der Waals surface area contributed by atoms with Crippen molar-refractivity contribution in [1.29, 1.82) is 0 Å². The van der Waals surface area contributed by atoms with E-state index < -0.39 is 0 Å². The molecule has 0 spiro atoms. The summed E-state index contributed by atoms with van der Waals surface area (Å²) in [6.07, 6.45) is 3.65. The van der Waals surface area contributed by atoms with Crippen LogP contribution in [0.25, 0.3) is 10.9 Å². The zero-order chi connectivity index (χ0) is 22.7. The Kier molecular flexibility index (Phi) is 6.77. The molecule has 0 saturated carbocycles. The van der Waals surface area contributed by atoms with Gasteiger partial charge in [0, 0.05) is 56.4 Å². The van der Waals surface area contributed by atoms with E-state index in [0.29, 0.717) is 5.02 Å². The van der Waals surface area contributed by atoms with E-state index in [1.807, 2.05) is 18.9 Å². The lowest BCUT2D eigenvalue weighted by atomic mass is 9.97. The summed E-state index contributed by atoms with van der Waals surface area (Å²) in [5.74, 6) is 0.871. The van der Waals surface area contributed by atoms with Gasteiger partial charge in [0.2, 0.25) is 0 Å². The van der Waals surface area contributed by atoms with Crippen LogP contribution in [0.15, 0.2) is 35.3 Å². The van der Waals surface area contributed by atoms with Gasteiger partial charge in [-0.3, -0.25) is 9.69 Å². The van der Waals surface area contributed by atoms with Crippen LogP contribution in [0.4, 0.5) is 11.5 Å². The highest BCUT2D eigenvalue weighted by Gasteiger charge is 2.21. The molecule has 2 N–H and O–H groups in total. The maximum absolute atomic E-state index is 12.6. The molecule has 168 valence electrons. The topological polar surface area (TPSA) is 81.3 Å². The minimum Gasteiger partial charge on any atom is -0.384 e. The lowest BCUT2D eigenvalue weighted by molar-refractivity contribution is -0.0979. The van der Waals surface area contributed by atoms with Gasteiger partial charge < -0.3 is 20.0 Å². The molecule has 2 aliphatic rings. The minimum absolute atomic E-state index is 0.0436. The number of fused-ring (bicyclic) bond motifs is 3. The molecule has 0 atom stereocenters. The molecule has 0 unspecified atom stereocenters. The zero-order valence-corrected chi connectivity index (χ0v) is 19.0. The molecule has 0 radical (unpaired) electrons. The van der Waals surface area contributed by atoms with Crippen LogP contribution in [-0.2, 0) is 17.8 Å². The second-order valence-corrected chi connectivity index (χ2v) is 8.65. The number of benzene rings is 1. The van der Waals surface area contributed by atoms with Crippen LogP contribution in [-0.4, -0.2) is 54.4 Å². The summed E-state index contributed by atoms with van der Waals surface area (Å²) < 4.78 is 0. The molecule has 32 heavy (non-hydrogen) atoms. The number of hydrogen-bond acceptors (Lipinski definition) is 6. The van der Waals surface area contributed by atoms with Crippen LogP contribution >= 0.6 is 11.6 Å². The molecule has 7 nitrogen and oxygen atoms in total. The Bertz CT molecular complexity index is 1170. The Hall–Kier alpha value is -2.90. The number of carbonyl (C=O) groups is 1. The SMILES string of the molecule is C=O.Cc1cc(CN2CCN(c3ncccc3Cl)CC2)cc2[nH]c(=O)c3c(c12)NCCC3. The van der Waals surface area contributed by atoms with Crippen molar-refractivity contribution in [2.45, 2.75) is 26.3 Å². The maximum atomic E-state index is 12.6. The van der Waals surface area contributed by atoms with Gasteiger partial charge in [0.05, 0.1) is 16.2 Å². The number of nitrogens with zero attached hydrogens (tertiary/aromatic N) is 3. The van der Waals surface area contributed by atoms with Crippen molar-refractivity contribution in [2.75, 3.05) is 42.9 Å². The van der Waals surface area contributed by atoms with Gasteiger partial charge in [-0.25, -0.2) is 4.98 Å². The molecule has 8 heteroatoms. The largest absolute Gasteiger partial charge is 0.384 e. The van der Waals surface area contributed by atoms with Crippen LogP contribution in [0.2, 0.25) is 5.02 Å². The summed E-state index contributed by atoms with van der Waals surface area (Å²) in [5.41, 5.74) is 5.35. The average molecular weight is 454 g/mol. The van der Waals surface area contributed by atoms with E-state index in [1.54, 1.807) is 6.20 Å². The fraction of sp³-hybridized carbons (Fsp3) is 0.375. The van der Waals surface area contributed by atoms with E-state index in [-0.39, 0.29) is 5.56 Å². The molecule has 5 rings (SSSR count). The molecule has 4 heterocycles. The van der Waals surface area contributed by atoms with Gasteiger partial charge in [0.15, 0.2) is 0 Å². The van der Waals surface area contributed by atoms with E-state index in [2.05, 4.69) is 44.1 Å². The van der Waals surface area contributed by atoms with Gasteiger partial charge in [-0.05, 0) is 49.1 Å². The summed E-state index contributed by atoms with van der Waals surface area (Å²) in [7, 11) is 0. The zero-order valence-electron chi connectivity index (χ0n) is 18.3. The molecule has 2 aliphatic heterocycles. The molecule has 0 aliphatic carbocycles. The van der Waals surface area contributed by atoms with Gasteiger partial charge in [-0.2, -0.15) is 0 Å². The minimum atomic E-state index is 0.0436. The number of piperazine rings is 1. The molecule has 1 saturated heterocycles. The van der Waals surface area contributed by atoms with E-state index in [9.17, 15) is 4.79 Å². The molecule has 1 fully saturated rings. The third-order valence-corrected chi connectivity index (χ3v) is 6.49. The second kappa shape index (κ2) is 9.71. The first-order chi connectivity index (χ1) is 15.6. The summed E-state index contributed by atoms with van der Waals surface area (Å²) in [6.45, 7) is 9.64. The summed E-state index contributed by atoms with van der Waals surface area (Å²) >= 11 is 6.31. The van der Waals surface area contributed by atoms with E-state index >= 15 is 0 Å². The fourth-order valence-corrected chi connectivity index (χ4v) is 4.99. The number of aryl methyl sites for hydroxylation is 1. The number of pyridine rings is 2. The van der Waals surface area contributed by atoms with Crippen molar-refractivity contribution in [3.8, 4) is 0 Å². The Balaban J connectivity index is 0.00000119. The highest BCUT2D eigenvalue weighted by molar-refractivity contribution is 6.32. The molecule has 0 amide bonds. The van der Waals surface area contributed by atoms with Crippen LogP contribution in [0.3, 0.4) is 0 Å². The quantitative estimate of drug-likeness (QED) is 0.632. The van der Waals surface area contributed by atoms with Crippen LogP contribution < -0.4 is 15.8 Å². The van der Waals surface area contributed by atoms with Crippen molar-refractivity contribution in [3.63, 3.8) is 0 Å². The van der Waals surface area contributed by atoms with Crippen molar-refractivity contribution in [2.24, 2.45) is 0 Å². The molecule has 1 aromatic carbocycles. The number of H-pyrrole nitrogens is 1. The van der Waals surface area contributed by atoms with Crippen LogP contribution in [0.1, 0.15) is 23.1 Å². The number of halogens is 1. The standard InChI is InChI=1S/C23H26ClN5O.CH2O/c1-15-12-16(13-19-20(15)21-17(23(30)27-19)4-2-6-25-21)14-28-8-10-29(11-9-28)22-18(24)5-3-7-26-22;1-2/h3,5,7,12-13,25H,2,4,6,8-11,14H2,1H3,(H,27,30);1H2. The summed E-state index contributed by atoms with van der Waals surface area (Å²) in [4.78, 5) is 32.8. The van der Waals surface area contributed by atoms with E-state index in [0.717, 1.165) is 80.1 Å². The Morgan fingerprint density at radius 3 is 2.72 bits per heavy atom. The molecule has 3 aromatic rings. The predicted octanol–water partition coefficient (Wildman–Crippen LogP) is 3.38. The smallest absolute Gasteiger partial charge is 0.253 e. The summed E-state index contributed by atoms with van der Waals surface area (Å²) in [6, 6.07) is 8.16. The number of hydrogen-bond donors (Lipinski definition) is 2. The molecule has 2 aromatic heterocycles. The van der Waals surface area contributed by atoms with Gasteiger partial charge in [-0.15, -0.1) is 0 Å². The first-order valence-electron chi connectivity index (χ1n) is 10.9. The molecule has 0 bridgehead atoms. The third-order valence-electron chi connectivity index (χ3n) is 6.19. The van der Waals surface area contributed by atoms with E-state index in [1.165, 1.54) is 11.1 Å². The van der Waals surface area contributed by atoms with Crippen LogP contribution in [0.5, 0.6) is 0 Å². The van der Waals surface area contributed by atoms with Crippen molar-refractivity contribution in [1.82, 2.24) is 14.9 Å². The first-order valence-corrected chi connectivity index (χ1v) is 11.3. The van der Waals surface area contributed by atoms with Gasteiger partial charge in [0.1, 0.15) is 12.6 Å². The van der Waals surface area contributed by atoms with Crippen LogP contribution in [0, 0.1) is 6.92 Å². The Morgan fingerprint density at radius 2 is 1.97 bits per heavy atom. The number of rotatable bonds is 3. The third kappa shape index (κ3) is 4.36. The normalized spacial score (nSPS) is 16.1. The highest BCUT2D eigenvalue weighted by Crippen LogP contribution is 2.31. The van der Waals surface area contributed by atoms with Gasteiger partial charge in [-0.1, -0.05) is 17.7 Å². The lowest BCUT2D eigenvalue weighted by Crippen LogP contribution is -2.46. The number of nitrogens with one attached hydrogen (secondary N) is 2. The first kappa shape index (κ1) is 22.3. The van der Waals surface area contributed by atoms with Gasteiger partial charge in [0.25, 0.3) is 5.56 Å². The number of aromatic nitrogens is 2. The van der Waals surface area contributed by atoms with Gasteiger partial charge >= 0.3 is 0 Å². The fourth-order valence-electron chi connectivity index (χ4n) is 4.74. The number of aromatic amines is 1. The summed E-state index contributed by atoms with van der Waals surface area (Å²) in [5, 5.41) is 5.32. The lowest BCUT2D eigenvalue weighted by Gasteiger charge is -2.35.